The van der Waals surface area contributed by atoms with Crippen LogP contribution in [0, 0.1) is 0 Å². The molecule has 0 aliphatic heterocycles. The van der Waals surface area contributed by atoms with Gasteiger partial charge in [-0.25, -0.2) is 0 Å². The van der Waals surface area contributed by atoms with E-state index in [1.54, 1.807) is 30.3 Å². The average molecular weight is 394 g/mol. The maximum atomic E-state index is 13.1. The second-order valence-corrected chi connectivity index (χ2v) is 7.50. The molecule has 7 nitrogen and oxygen atoms in total. The predicted molar refractivity (Wildman–Crippen MR) is 99.2 cm³/mol. The zero-order chi connectivity index (χ0) is 18.9. The van der Waals surface area contributed by atoms with Gasteiger partial charge in [-0.15, -0.1) is 4.09 Å². The summed E-state index contributed by atoms with van der Waals surface area (Å²) in [6, 6.07) is 12.8. The van der Waals surface area contributed by atoms with Gasteiger partial charge in [0.2, 0.25) is 0 Å². The minimum absolute atomic E-state index is 0.0279. The molecule has 0 saturated heterocycles. The smallest absolute Gasteiger partial charge is 0.288 e. The molecule has 3 rings (SSSR count). The van der Waals surface area contributed by atoms with Crippen molar-refractivity contribution in [1.29, 1.82) is 0 Å². The summed E-state index contributed by atoms with van der Waals surface area (Å²) < 4.78 is 37.2. The van der Waals surface area contributed by atoms with Crippen LogP contribution >= 0.6 is 11.6 Å². The zero-order valence-electron chi connectivity index (χ0n) is 14.0. The fourth-order valence-electron chi connectivity index (χ4n) is 2.41. The number of hydrogen-bond donors (Lipinski definition) is 1. The molecule has 26 heavy (non-hydrogen) atoms. The van der Waals surface area contributed by atoms with E-state index in [0.717, 1.165) is 4.09 Å². The Morgan fingerprint density at radius 1 is 1.04 bits per heavy atom. The van der Waals surface area contributed by atoms with Gasteiger partial charge in [0.05, 0.1) is 19.9 Å². The lowest BCUT2D eigenvalue weighted by atomic mass is 10.1. The van der Waals surface area contributed by atoms with E-state index in [9.17, 15) is 8.42 Å². The van der Waals surface area contributed by atoms with Gasteiger partial charge in [-0.3, -0.25) is 0 Å². The Balaban J connectivity index is 2.13. The van der Waals surface area contributed by atoms with Crippen LogP contribution in [0.2, 0.25) is 5.02 Å². The van der Waals surface area contributed by atoms with Crippen LogP contribution in [0.15, 0.2) is 53.4 Å². The van der Waals surface area contributed by atoms with E-state index in [0.29, 0.717) is 22.0 Å². The van der Waals surface area contributed by atoms with Gasteiger partial charge in [-0.2, -0.15) is 13.5 Å². The van der Waals surface area contributed by atoms with Crippen molar-refractivity contribution in [2.24, 2.45) is 0 Å². The second-order valence-electron chi connectivity index (χ2n) is 5.33. The molecular formula is C17H16ClN3O4S. The monoisotopic (exact) mass is 393 g/mol. The molecule has 3 aromatic rings. The lowest BCUT2D eigenvalue weighted by Gasteiger charge is -2.12. The highest BCUT2D eigenvalue weighted by atomic mass is 35.5. The number of nitrogens with zero attached hydrogens (tertiary/aromatic N) is 2. The third-order valence-electron chi connectivity index (χ3n) is 3.72. The number of hydrogen-bond acceptors (Lipinski definition) is 6. The van der Waals surface area contributed by atoms with Crippen molar-refractivity contribution >= 4 is 27.4 Å². The first-order chi connectivity index (χ1) is 12.4. The first kappa shape index (κ1) is 18.1. The van der Waals surface area contributed by atoms with Gasteiger partial charge >= 0.3 is 0 Å². The second kappa shape index (κ2) is 6.89. The Morgan fingerprint density at radius 2 is 1.73 bits per heavy atom. The molecule has 0 atom stereocenters. The minimum Gasteiger partial charge on any atom is -0.497 e. The molecule has 0 saturated carbocycles. The maximum absolute atomic E-state index is 13.1. The van der Waals surface area contributed by atoms with Crippen LogP contribution in [0.3, 0.4) is 0 Å². The van der Waals surface area contributed by atoms with Crippen molar-refractivity contribution in [3.63, 3.8) is 0 Å². The van der Waals surface area contributed by atoms with Crippen LogP contribution in [-0.4, -0.2) is 31.8 Å². The van der Waals surface area contributed by atoms with Gasteiger partial charge in [0.1, 0.15) is 22.2 Å². The number of nitrogen functional groups attached to an aromatic ring is 1. The molecule has 0 fully saturated rings. The molecule has 0 spiro atoms. The van der Waals surface area contributed by atoms with Crippen LogP contribution in [0.4, 0.5) is 5.82 Å². The number of rotatable bonds is 5. The molecule has 0 amide bonds. The molecule has 2 N–H and O–H groups in total. The van der Waals surface area contributed by atoms with Crippen molar-refractivity contribution in [3.8, 4) is 22.8 Å². The van der Waals surface area contributed by atoms with Gasteiger partial charge in [-0.1, -0.05) is 23.7 Å². The number of methoxy groups -OCH3 is 2. The molecule has 136 valence electrons. The van der Waals surface area contributed by atoms with Crippen molar-refractivity contribution < 1.29 is 17.9 Å². The topological polar surface area (TPSA) is 96.4 Å². The summed E-state index contributed by atoms with van der Waals surface area (Å²) >= 11 is 5.88. The van der Waals surface area contributed by atoms with Gasteiger partial charge in [-0.05, 0) is 24.3 Å². The molecule has 0 bridgehead atoms. The molecule has 0 aliphatic rings. The fraction of sp³-hybridized carbons (Fsp3) is 0.118. The van der Waals surface area contributed by atoms with Crippen LogP contribution in [0.1, 0.15) is 0 Å². The van der Waals surface area contributed by atoms with Gasteiger partial charge < -0.3 is 15.2 Å². The standard InChI is InChI=1S/C17H16ClN3O4S/c1-24-13-7-8-15(25-2)16(9-13)26(22,23)21-17(19)10-14(20-21)11-3-5-12(18)6-4-11/h3-10H,19H2,1-2H3. The van der Waals surface area contributed by atoms with Crippen LogP contribution < -0.4 is 15.2 Å². The zero-order valence-corrected chi connectivity index (χ0v) is 15.6. The number of nitrogens with two attached hydrogens (primary N) is 1. The number of aromatic nitrogens is 2. The minimum atomic E-state index is -4.09. The van der Waals surface area contributed by atoms with E-state index < -0.39 is 10.0 Å². The first-order valence-corrected chi connectivity index (χ1v) is 9.27. The average Bonchev–Trinajstić information content (AvgIpc) is 3.04. The first-order valence-electron chi connectivity index (χ1n) is 7.46. The van der Waals surface area contributed by atoms with Crippen LogP contribution in [0.5, 0.6) is 11.5 Å². The molecule has 2 aromatic carbocycles. The van der Waals surface area contributed by atoms with Crippen LogP contribution in [-0.2, 0) is 10.0 Å². The number of anilines is 1. The summed E-state index contributed by atoms with van der Waals surface area (Å²) in [7, 11) is -1.27. The van der Waals surface area contributed by atoms with Gasteiger partial charge in [0.25, 0.3) is 10.0 Å². The number of ether oxygens (including phenoxy) is 2. The lowest BCUT2D eigenvalue weighted by Crippen LogP contribution is -2.17. The SMILES string of the molecule is COc1ccc(OC)c(S(=O)(=O)n2nc(-c3ccc(Cl)cc3)cc2N)c1. The molecular weight excluding hydrogens is 378 g/mol. The number of halogens is 1. The van der Waals surface area contributed by atoms with E-state index >= 15 is 0 Å². The Hall–Kier alpha value is -2.71. The summed E-state index contributed by atoms with van der Waals surface area (Å²) in [6.07, 6.45) is 0. The third kappa shape index (κ3) is 3.21. The van der Waals surface area contributed by atoms with E-state index in [1.165, 1.54) is 32.4 Å². The van der Waals surface area contributed by atoms with E-state index in [4.69, 9.17) is 26.8 Å². The summed E-state index contributed by atoms with van der Waals surface area (Å²) in [4.78, 5) is -0.100. The van der Waals surface area contributed by atoms with Crippen LogP contribution in [0.25, 0.3) is 11.3 Å². The largest absolute Gasteiger partial charge is 0.497 e. The van der Waals surface area contributed by atoms with E-state index in [1.807, 2.05) is 0 Å². The molecule has 0 radical (unpaired) electrons. The van der Waals surface area contributed by atoms with E-state index in [-0.39, 0.29) is 16.5 Å². The van der Waals surface area contributed by atoms with Crippen molar-refractivity contribution in [2.75, 3.05) is 20.0 Å². The predicted octanol–water partition coefficient (Wildman–Crippen LogP) is 3.04. The normalized spacial score (nSPS) is 11.3. The molecule has 9 heteroatoms. The lowest BCUT2D eigenvalue weighted by molar-refractivity contribution is 0.392. The third-order valence-corrected chi connectivity index (χ3v) is 5.60. The maximum Gasteiger partial charge on any atom is 0.288 e. The Morgan fingerprint density at radius 3 is 2.35 bits per heavy atom. The molecule has 1 heterocycles. The van der Waals surface area contributed by atoms with Gasteiger partial charge in [0, 0.05) is 22.7 Å². The highest BCUT2D eigenvalue weighted by Crippen LogP contribution is 2.32. The highest BCUT2D eigenvalue weighted by molar-refractivity contribution is 7.90. The summed E-state index contributed by atoms with van der Waals surface area (Å²) in [6.45, 7) is 0. The van der Waals surface area contributed by atoms with Crippen molar-refractivity contribution in [3.05, 3.63) is 53.6 Å². The highest BCUT2D eigenvalue weighted by Gasteiger charge is 2.26. The van der Waals surface area contributed by atoms with Crippen molar-refractivity contribution in [2.45, 2.75) is 4.90 Å². The quantitative estimate of drug-likeness (QED) is 0.715. The Kier molecular flexibility index (Phi) is 4.80. The Labute approximate surface area is 156 Å². The van der Waals surface area contributed by atoms with E-state index in [2.05, 4.69) is 5.10 Å². The molecule has 0 unspecified atom stereocenters. The summed E-state index contributed by atoms with van der Waals surface area (Å²) in [5, 5.41) is 4.72. The summed E-state index contributed by atoms with van der Waals surface area (Å²) in [5.74, 6) is 0.501. The summed E-state index contributed by atoms with van der Waals surface area (Å²) in [5.41, 5.74) is 7.01. The molecule has 1 aromatic heterocycles. The number of benzene rings is 2. The fourth-order valence-corrected chi connectivity index (χ4v) is 3.92. The van der Waals surface area contributed by atoms with Crippen molar-refractivity contribution in [1.82, 2.24) is 9.19 Å². The Bertz CT molecular complexity index is 1050. The van der Waals surface area contributed by atoms with Gasteiger partial charge in [0.15, 0.2) is 0 Å². The molecule has 0 aliphatic carbocycles.